The molecule has 0 spiro atoms. The summed E-state index contributed by atoms with van der Waals surface area (Å²) < 4.78 is 15.0. The minimum atomic E-state index is 0.577. The summed E-state index contributed by atoms with van der Waals surface area (Å²) in [5.74, 6) is 1.77. The monoisotopic (exact) mass is 882 g/mol. The van der Waals surface area contributed by atoms with E-state index < -0.39 is 0 Å². The number of hydrogen-bond acceptors (Lipinski definition) is 5. The molecule has 0 fully saturated rings. The van der Waals surface area contributed by atoms with Gasteiger partial charge in [0.05, 0.1) is 11.0 Å². The first-order valence-corrected chi connectivity index (χ1v) is 23.2. The Hall–Kier alpha value is -9.39. The predicted molar refractivity (Wildman–Crippen MR) is 281 cm³/mol. The standard InChI is InChI=1S/C63H38N4O2/c1-2-15-39(16-3-1)61-64-62(66-63(65-61)45-33-34-51-50-24-5-8-30-55(50)69-58(51)38-45)44-21-10-17-40(35-44)41-18-12-22-46(37-41)67-54-29-7-4-23-49(54)52-28-13-27-48(60(52)67)43-20-11-19-42(36-43)47-26-14-32-57-59(47)53-25-6-9-31-56(53)68-57/h1-38H. The molecule has 14 aromatic rings. The summed E-state index contributed by atoms with van der Waals surface area (Å²) in [7, 11) is 0. The molecule has 0 unspecified atom stereocenters. The highest BCUT2D eigenvalue weighted by Crippen LogP contribution is 2.42. The van der Waals surface area contributed by atoms with E-state index in [1.807, 2.05) is 66.7 Å². The van der Waals surface area contributed by atoms with Gasteiger partial charge in [-0.1, -0.05) is 170 Å². The molecule has 0 atom stereocenters. The van der Waals surface area contributed by atoms with Gasteiger partial charge in [0.15, 0.2) is 17.5 Å². The molecule has 0 bridgehead atoms. The second-order valence-corrected chi connectivity index (χ2v) is 17.5. The fourth-order valence-electron chi connectivity index (χ4n) is 10.3. The molecular weight excluding hydrogens is 845 g/mol. The van der Waals surface area contributed by atoms with Gasteiger partial charge in [0.2, 0.25) is 0 Å². The lowest BCUT2D eigenvalue weighted by atomic mass is 9.95. The molecule has 322 valence electrons. The van der Waals surface area contributed by atoms with Gasteiger partial charge in [0.25, 0.3) is 0 Å². The van der Waals surface area contributed by atoms with Crippen LogP contribution in [0.5, 0.6) is 0 Å². The van der Waals surface area contributed by atoms with Crippen LogP contribution in [0.25, 0.3) is 139 Å². The molecule has 14 rings (SSSR count). The smallest absolute Gasteiger partial charge is 0.164 e. The van der Waals surface area contributed by atoms with Crippen molar-refractivity contribution in [2.75, 3.05) is 0 Å². The predicted octanol–water partition coefficient (Wildman–Crippen LogP) is 16.8. The Bertz CT molecular complexity index is 4330. The zero-order valence-corrected chi connectivity index (χ0v) is 37.0. The lowest BCUT2D eigenvalue weighted by Gasteiger charge is -2.14. The number of nitrogens with zero attached hydrogens (tertiary/aromatic N) is 4. The highest BCUT2D eigenvalue weighted by atomic mass is 16.3. The molecule has 6 heteroatoms. The molecule has 0 aliphatic rings. The average molecular weight is 883 g/mol. The van der Waals surface area contributed by atoms with Crippen LogP contribution in [-0.4, -0.2) is 19.5 Å². The van der Waals surface area contributed by atoms with Crippen LogP contribution in [0.3, 0.4) is 0 Å². The maximum absolute atomic E-state index is 6.30. The first kappa shape index (κ1) is 38.8. The second-order valence-electron chi connectivity index (χ2n) is 17.5. The number of benzene rings is 10. The number of furan rings is 2. The van der Waals surface area contributed by atoms with Crippen molar-refractivity contribution in [2.24, 2.45) is 0 Å². The zero-order valence-electron chi connectivity index (χ0n) is 37.0. The first-order chi connectivity index (χ1) is 34.2. The molecule has 69 heavy (non-hydrogen) atoms. The van der Waals surface area contributed by atoms with Crippen LogP contribution in [0.15, 0.2) is 239 Å². The molecule has 0 N–H and O–H groups in total. The summed E-state index contributed by atoms with van der Waals surface area (Å²) in [6, 6.07) is 80.7. The molecule has 0 saturated heterocycles. The van der Waals surface area contributed by atoms with Gasteiger partial charge in [-0.05, 0) is 88.5 Å². The quantitative estimate of drug-likeness (QED) is 0.159. The lowest BCUT2D eigenvalue weighted by molar-refractivity contribution is 0.668. The lowest BCUT2D eigenvalue weighted by Crippen LogP contribution is -2.00. The first-order valence-electron chi connectivity index (χ1n) is 23.2. The van der Waals surface area contributed by atoms with Crippen molar-refractivity contribution in [3.05, 3.63) is 231 Å². The van der Waals surface area contributed by atoms with Gasteiger partial charge in [-0.15, -0.1) is 0 Å². The second kappa shape index (κ2) is 15.6. The van der Waals surface area contributed by atoms with Gasteiger partial charge in [-0.25, -0.2) is 15.0 Å². The molecular formula is C63H38N4O2. The largest absolute Gasteiger partial charge is 0.456 e. The van der Waals surface area contributed by atoms with Crippen LogP contribution >= 0.6 is 0 Å². The van der Waals surface area contributed by atoms with Gasteiger partial charge >= 0.3 is 0 Å². The van der Waals surface area contributed by atoms with Crippen molar-refractivity contribution < 1.29 is 8.83 Å². The minimum Gasteiger partial charge on any atom is -0.456 e. The van der Waals surface area contributed by atoms with Gasteiger partial charge in [-0.3, -0.25) is 0 Å². The van der Waals surface area contributed by atoms with E-state index in [1.54, 1.807) is 0 Å². The van der Waals surface area contributed by atoms with E-state index in [2.05, 4.69) is 168 Å². The molecule has 6 nitrogen and oxygen atoms in total. The van der Waals surface area contributed by atoms with Crippen molar-refractivity contribution in [3.8, 4) is 73.2 Å². The summed E-state index contributed by atoms with van der Waals surface area (Å²) in [4.78, 5) is 15.3. The zero-order chi connectivity index (χ0) is 45.4. The van der Waals surface area contributed by atoms with E-state index in [-0.39, 0.29) is 0 Å². The Morgan fingerprint density at radius 2 is 0.797 bits per heavy atom. The Balaban J connectivity index is 0.887. The number of para-hydroxylation sites is 4. The Morgan fingerprint density at radius 3 is 1.62 bits per heavy atom. The molecule has 0 saturated carbocycles. The molecule has 0 radical (unpaired) electrons. The summed E-state index contributed by atoms with van der Waals surface area (Å²) in [6.45, 7) is 0. The fourth-order valence-corrected chi connectivity index (χ4v) is 10.3. The number of aromatic nitrogens is 4. The molecule has 0 aliphatic carbocycles. The van der Waals surface area contributed by atoms with E-state index in [0.29, 0.717) is 17.5 Å². The van der Waals surface area contributed by atoms with Crippen LogP contribution in [0, 0.1) is 0 Å². The molecule has 4 heterocycles. The van der Waals surface area contributed by atoms with E-state index in [0.717, 1.165) is 111 Å². The summed E-state index contributed by atoms with van der Waals surface area (Å²) in [6.07, 6.45) is 0. The Kier molecular flexibility index (Phi) is 8.79. The topological polar surface area (TPSA) is 69.9 Å². The number of rotatable bonds is 7. The third-order valence-corrected chi connectivity index (χ3v) is 13.4. The molecule has 10 aromatic carbocycles. The van der Waals surface area contributed by atoms with Crippen LogP contribution < -0.4 is 0 Å². The molecule has 0 aliphatic heterocycles. The van der Waals surface area contributed by atoms with Gasteiger partial charge in [0.1, 0.15) is 22.3 Å². The summed E-state index contributed by atoms with van der Waals surface area (Å²) >= 11 is 0. The van der Waals surface area contributed by atoms with Gasteiger partial charge in [-0.2, -0.15) is 0 Å². The highest BCUT2D eigenvalue weighted by molar-refractivity contribution is 6.15. The van der Waals surface area contributed by atoms with Crippen molar-refractivity contribution in [3.63, 3.8) is 0 Å². The SMILES string of the molecule is c1ccc(-c2nc(-c3cccc(-c4cccc(-n5c6ccccc6c6cccc(-c7cccc(-c8cccc9oc%10ccccc%10c89)c7)c65)c4)c3)nc(-c3ccc4c(c3)oc3ccccc34)n2)cc1. The van der Waals surface area contributed by atoms with Crippen molar-refractivity contribution in [1.82, 2.24) is 19.5 Å². The maximum atomic E-state index is 6.30. The van der Waals surface area contributed by atoms with Crippen LogP contribution in [0.1, 0.15) is 0 Å². The highest BCUT2D eigenvalue weighted by Gasteiger charge is 2.20. The van der Waals surface area contributed by atoms with E-state index in [9.17, 15) is 0 Å². The maximum Gasteiger partial charge on any atom is 0.164 e. The summed E-state index contributed by atoms with van der Waals surface area (Å²) in [5, 5.41) is 6.79. The van der Waals surface area contributed by atoms with Crippen LogP contribution in [0.2, 0.25) is 0 Å². The van der Waals surface area contributed by atoms with Crippen molar-refractivity contribution in [1.29, 1.82) is 0 Å². The van der Waals surface area contributed by atoms with E-state index in [1.165, 1.54) is 10.8 Å². The fraction of sp³-hybridized carbons (Fsp3) is 0. The Labute approximate surface area is 396 Å². The van der Waals surface area contributed by atoms with Crippen molar-refractivity contribution >= 4 is 65.7 Å². The van der Waals surface area contributed by atoms with Crippen molar-refractivity contribution in [2.45, 2.75) is 0 Å². The Morgan fingerprint density at radius 1 is 0.290 bits per heavy atom. The summed E-state index contributed by atoms with van der Waals surface area (Å²) in [5.41, 5.74) is 16.2. The molecule has 0 amide bonds. The van der Waals surface area contributed by atoms with E-state index >= 15 is 0 Å². The molecule has 4 aromatic heterocycles. The number of hydrogen-bond donors (Lipinski definition) is 0. The minimum absolute atomic E-state index is 0.577. The van der Waals surface area contributed by atoms with E-state index in [4.69, 9.17) is 23.8 Å². The van der Waals surface area contributed by atoms with Crippen LogP contribution in [-0.2, 0) is 0 Å². The van der Waals surface area contributed by atoms with Gasteiger partial charge < -0.3 is 13.4 Å². The average Bonchev–Trinajstić information content (AvgIpc) is 4.11. The van der Waals surface area contributed by atoms with Crippen LogP contribution in [0.4, 0.5) is 0 Å². The third kappa shape index (κ3) is 6.45. The third-order valence-electron chi connectivity index (χ3n) is 13.4. The normalized spacial score (nSPS) is 11.8. The number of fused-ring (bicyclic) bond motifs is 9. The van der Waals surface area contributed by atoms with Gasteiger partial charge in [0, 0.05) is 60.3 Å².